The molecule has 21 heavy (non-hydrogen) atoms. The lowest BCUT2D eigenvalue weighted by Crippen LogP contribution is -2.05. The predicted molar refractivity (Wildman–Crippen MR) is 80.1 cm³/mol. The highest BCUT2D eigenvalue weighted by Crippen LogP contribution is 2.24. The van der Waals surface area contributed by atoms with Crippen LogP contribution < -0.4 is 9.47 Å². The molecule has 0 spiro atoms. The van der Waals surface area contributed by atoms with Crippen LogP contribution in [0.25, 0.3) is 0 Å². The molecule has 0 saturated heterocycles. The first-order chi connectivity index (χ1) is 10.1. The summed E-state index contributed by atoms with van der Waals surface area (Å²) in [6.45, 7) is 4.71. The topological polar surface area (TPSA) is 55.8 Å². The second-order valence-corrected chi connectivity index (χ2v) is 4.62. The van der Waals surface area contributed by atoms with Crippen molar-refractivity contribution in [3.05, 3.63) is 59.2 Å². The molecule has 0 heterocycles. The largest absolute Gasteiger partial charge is 0.494 e. The first-order valence-corrected chi connectivity index (χ1v) is 6.79. The molecule has 2 rings (SSSR count). The zero-order chi connectivity index (χ0) is 15.2. The Bertz CT molecular complexity index is 617. The molecule has 0 fully saturated rings. The molecule has 110 valence electrons. The van der Waals surface area contributed by atoms with Gasteiger partial charge in [0.25, 0.3) is 0 Å². The lowest BCUT2D eigenvalue weighted by atomic mass is 10.1. The monoisotopic (exact) mass is 286 g/mol. The van der Waals surface area contributed by atoms with E-state index < -0.39 is 5.97 Å². The number of carboxylic acids is 1. The number of carbonyl (C=O) groups is 1. The van der Waals surface area contributed by atoms with Gasteiger partial charge in [0.2, 0.25) is 0 Å². The van der Waals surface area contributed by atoms with Gasteiger partial charge in [-0.1, -0.05) is 24.3 Å². The van der Waals surface area contributed by atoms with E-state index in [1.807, 2.05) is 44.2 Å². The highest BCUT2D eigenvalue weighted by atomic mass is 16.5. The van der Waals surface area contributed by atoms with Crippen LogP contribution in [0.15, 0.2) is 42.5 Å². The van der Waals surface area contributed by atoms with Crippen molar-refractivity contribution >= 4 is 5.97 Å². The van der Waals surface area contributed by atoms with E-state index in [-0.39, 0.29) is 5.56 Å². The number of carboxylic acid groups (broad SMARTS) is 1. The van der Waals surface area contributed by atoms with Gasteiger partial charge < -0.3 is 14.6 Å². The molecule has 0 saturated carbocycles. The van der Waals surface area contributed by atoms with Crippen LogP contribution in [0.4, 0.5) is 0 Å². The van der Waals surface area contributed by atoms with Crippen LogP contribution in [0.1, 0.15) is 28.4 Å². The molecular formula is C17H18O4. The van der Waals surface area contributed by atoms with E-state index in [0.29, 0.717) is 19.0 Å². The molecule has 0 aliphatic rings. The van der Waals surface area contributed by atoms with Crippen molar-refractivity contribution in [2.75, 3.05) is 6.61 Å². The molecule has 0 bridgehead atoms. The first kappa shape index (κ1) is 14.9. The normalized spacial score (nSPS) is 10.2. The average molecular weight is 286 g/mol. The van der Waals surface area contributed by atoms with Gasteiger partial charge in [-0.2, -0.15) is 0 Å². The fraction of sp³-hybridized carbons (Fsp3) is 0.235. The Morgan fingerprint density at radius 3 is 2.43 bits per heavy atom. The summed E-state index contributed by atoms with van der Waals surface area (Å²) in [5.74, 6) is 0.239. The molecule has 4 nitrogen and oxygen atoms in total. The molecule has 0 unspecified atom stereocenters. The van der Waals surface area contributed by atoms with Crippen LogP contribution in [-0.4, -0.2) is 17.7 Å². The smallest absolute Gasteiger partial charge is 0.339 e. The number of hydrogen-bond donors (Lipinski definition) is 1. The fourth-order valence-corrected chi connectivity index (χ4v) is 2.02. The van der Waals surface area contributed by atoms with Gasteiger partial charge in [-0.3, -0.25) is 0 Å². The third kappa shape index (κ3) is 3.75. The molecule has 1 N–H and O–H groups in total. The lowest BCUT2D eigenvalue weighted by molar-refractivity contribution is 0.0691. The molecule has 0 aliphatic heterocycles. The molecule has 2 aromatic carbocycles. The number of hydrogen-bond acceptors (Lipinski definition) is 3. The van der Waals surface area contributed by atoms with Gasteiger partial charge >= 0.3 is 5.97 Å². The van der Waals surface area contributed by atoms with E-state index in [2.05, 4.69) is 0 Å². The molecule has 4 heteroatoms. The van der Waals surface area contributed by atoms with E-state index in [4.69, 9.17) is 9.47 Å². The van der Waals surface area contributed by atoms with E-state index in [9.17, 15) is 9.90 Å². The summed E-state index contributed by atoms with van der Waals surface area (Å²) in [6, 6.07) is 12.6. The summed E-state index contributed by atoms with van der Waals surface area (Å²) >= 11 is 0. The standard InChI is InChI=1S/C17H18O4/c1-3-20-14-9-7-13(8-10-14)11-21-16-12(2)5-4-6-15(16)17(18)19/h4-10H,3,11H2,1-2H3,(H,18,19). The highest BCUT2D eigenvalue weighted by molar-refractivity contribution is 5.91. The number of para-hydroxylation sites is 1. The van der Waals surface area contributed by atoms with Crippen LogP contribution in [0.5, 0.6) is 11.5 Å². The molecule has 0 aliphatic carbocycles. The predicted octanol–water partition coefficient (Wildman–Crippen LogP) is 3.67. The van der Waals surface area contributed by atoms with Crippen molar-refractivity contribution < 1.29 is 19.4 Å². The Kier molecular flexibility index (Phi) is 4.82. The third-order valence-corrected chi connectivity index (χ3v) is 3.06. The number of aryl methyl sites for hydroxylation is 1. The Balaban J connectivity index is 2.11. The van der Waals surface area contributed by atoms with Crippen LogP contribution in [0.3, 0.4) is 0 Å². The Morgan fingerprint density at radius 2 is 1.81 bits per heavy atom. The van der Waals surface area contributed by atoms with Crippen molar-refractivity contribution in [3.63, 3.8) is 0 Å². The fourth-order valence-electron chi connectivity index (χ4n) is 2.02. The zero-order valence-electron chi connectivity index (χ0n) is 12.1. The highest BCUT2D eigenvalue weighted by Gasteiger charge is 2.13. The van der Waals surface area contributed by atoms with Gasteiger partial charge in [0.1, 0.15) is 23.7 Å². The summed E-state index contributed by atoms with van der Waals surface area (Å²) in [4.78, 5) is 11.2. The molecule has 2 aromatic rings. The van der Waals surface area contributed by atoms with Crippen LogP contribution in [0, 0.1) is 6.92 Å². The summed E-state index contributed by atoms with van der Waals surface area (Å²) in [6.07, 6.45) is 0. The minimum atomic E-state index is -0.986. The Labute approximate surface area is 123 Å². The van der Waals surface area contributed by atoms with Crippen molar-refractivity contribution in [2.45, 2.75) is 20.5 Å². The van der Waals surface area contributed by atoms with Crippen molar-refractivity contribution in [2.24, 2.45) is 0 Å². The second-order valence-electron chi connectivity index (χ2n) is 4.62. The van der Waals surface area contributed by atoms with E-state index >= 15 is 0 Å². The summed E-state index contributed by atoms with van der Waals surface area (Å²) < 4.78 is 11.1. The minimum Gasteiger partial charge on any atom is -0.494 e. The van der Waals surface area contributed by atoms with Crippen molar-refractivity contribution in [1.29, 1.82) is 0 Å². The second kappa shape index (κ2) is 6.79. The molecule has 0 aromatic heterocycles. The summed E-state index contributed by atoms with van der Waals surface area (Å²) in [7, 11) is 0. The zero-order valence-corrected chi connectivity index (χ0v) is 12.1. The van der Waals surface area contributed by atoms with Crippen LogP contribution in [-0.2, 0) is 6.61 Å². The van der Waals surface area contributed by atoms with Crippen LogP contribution in [0.2, 0.25) is 0 Å². The maximum absolute atomic E-state index is 11.2. The minimum absolute atomic E-state index is 0.181. The Hall–Kier alpha value is -2.49. The van der Waals surface area contributed by atoms with Crippen LogP contribution >= 0.6 is 0 Å². The number of benzene rings is 2. The SMILES string of the molecule is CCOc1ccc(COc2c(C)cccc2C(=O)O)cc1. The van der Waals surface area contributed by atoms with Gasteiger partial charge in [0, 0.05) is 0 Å². The quantitative estimate of drug-likeness (QED) is 0.880. The van der Waals surface area contributed by atoms with E-state index in [1.54, 1.807) is 12.1 Å². The molecule has 0 amide bonds. The molecule has 0 radical (unpaired) electrons. The number of ether oxygens (including phenoxy) is 2. The van der Waals surface area contributed by atoms with Gasteiger partial charge in [-0.05, 0) is 43.2 Å². The lowest BCUT2D eigenvalue weighted by Gasteiger charge is -2.12. The first-order valence-electron chi connectivity index (χ1n) is 6.79. The number of rotatable bonds is 6. The maximum atomic E-state index is 11.2. The number of aromatic carboxylic acids is 1. The molecular weight excluding hydrogens is 268 g/mol. The molecule has 0 atom stereocenters. The maximum Gasteiger partial charge on any atom is 0.339 e. The average Bonchev–Trinajstić information content (AvgIpc) is 2.47. The van der Waals surface area contributed by atoms with Crippen molar-refractivity contribution in [1.82, 2.24) is 0 Å². The van der Waals surface area contributed by atoms with E-state index in [0.717, 1.165) is 16.9 Å². The van der Waals surface area contributed by atoms with Gasteiger partial charge in [0.15, 0.2) is 0 Å². The summed E-state index contributed by atoms with van der Waals surface area (Å²) in [5.41, 5.74) is 1.94. The summed E-state index contributed by atoms with van der Waals surface area (Å²) in [5, 5.41) is 9.19. The van der Waals surface area contributed by atoms with Gasteiger partial charge in [0.05, 0.1) is 6.61 Å². The van der Waals surface area contributed by atoms with Gasteiger partial charge in [-0.15, -0.1) is 0 Å². The van der Waals surface area contributed by atoms with Gasteiger partial charge in [-0.25, -0.2) is 4.79 Å². The third-order valence-electron chi connectivity index (χ3n) is 3.06. The Morgan fingerprint density at radius 1 is 1.10 bits per heavy atom. The van der Waals surface area contributed by atoms with E-state index in [1.165, 1.54) is 0 Å². The van der Waals surface area contributed by atoms with Crippen molar-refractivity contribution in [3.8, 4) is 11.5 Å².